The van der Waals surface area contributed by atoms with Gasteiger partial charge in [0.15, 0.2) is 0 Å². The monoisotopic (exact) mass is 445 g/mol. The summed E-state index contributed by atoms with van der Waals surface area (Å²) in [6.07, 6.45) is 0.257. The highest BCUT2D eigenvalue weighted by Crippen LogP contribution is 2.24. The average Bonchev–Trinajstić information content (AvgIpc) is 2.72. The first-order valence-electron chi connectivity index (χ1n) is 9.31. The van der Waals surface area contributed by atoms with Crippen LogP contribution in [0.3, 0.4) is 0 Å². The van der Waals surface area contributed by atoms with Crippen LogP contribution in [0.4, 0.5) is 4.79 Å². The molecule has 2 aromatic carbocycles. The van der Waals surface area contributed by atoms with E-state index in [1.54, 1.807) is 0 Å². The predicted octanol–water partition coefficient (Wildman–Crippen LogP) is 3.24. The summed E-state index contributed by atoms with van der Waals surface area (Å²) in [6, 6.07) is 17.2. The van der Waals surface area contributed by atoms with E-state index in [9.17, 15) is 9.59 Å². The number of morpholine rings is 1. The second kappa shape index (κ2) is 10.4. The fourth-order valence-corrected chi connectivity index (χ4v) is 3.50. The molecule has 28 heavy (non-hydrogen) atoms. The largest absolute Gasteiger partial charge is 0.371 e. The lowest BCUT2D eigenvalue weighted by Crippen LogP contribution is -2.43. The number of rotatable bonds is 6. The van der Waals surface area contributed by atoms with Crippen LogP contribution in [-0.4, -0.2) is 43.1 Å². The molecule has 1 atom stereocenters. The molecule has 0 saturated carbocycles. The molecule has 7 heteroatoms. The second-order valence-electron chi connectivity index (χ2n) is 6.68. The zero-order valence-corrected chi connectivity index (χ0v) is 17.2. The van der Waals surface area contributed by atoms with Crippen LogP contribution in [-0.2, 0) is 16.1 Å². The Kier molecular flexibility index (Phi) is 7.59. The van der Waals surface area contributed by atoms with E-state index in [0.717, 1.165) is 28.7 Å². The molecule has 1 saturated heterocycles. The van der Waals surface area contributed by atoms with Gasteiger partial charge in [0.1, 0.15) is 0 Å². The Balaban J connectivity index is 1.39. The third kappa shape index (κ3) is 6.44. The minimum atomic E-state index is -0.470. The maximum absolute atomic E-state index is 12.1. The number of amides is 3. The molecule has 3 amide bonds. The molecule has 0 bridgehead atoms. The number of halogens is 1. The van der Waals surface area contributed by atoms with Crippen molar-refractivity contribution in [2.75, 3.05) is 26.2 Å². The Bertz CT molecular complexity index is 800. The Morgan fingerprint density at radius 2 is 1.96 bits per heavy atom. The highest BCUT2D eigenvalue weighted by Gasteiger charge is 2.22. The molecule has 2 aromatic rings. The molecule has 1 aliphatic rings. The number of ether oxygens (including phenoxy) is 1. The molecule has 3 rings (SSSR count). The van der Waals surface area contributed by atoms with E-state index in [2.05, 4.69) is 37.5 Å². The van der Waals surface area contributed by atoms with Crippen LogP contribution >= 0.6 is 15.9 Å². The van der Waals surface area contributed by atoms with Gasteiger partial charge in [-0.1, -0.05) is 58.4 Å². The molecule has 148 valence electrons. The van der Waals surface area contributed by atoms with Crippen molar-refractivity contribution in [3.63, 3.8) is 0 Å². The smallest absolute Gasteiger partial charge is 0.321 e. The molecule has 6 nitrogen and oxygen atoms in total. The van der Waals surface area contributed by atoms with Gasteiger partial charge in [-0.05, 0) is 23.3 Å². The van der Waals surface area contributed by atoms with Crippen molar-refractivity contribution >= 4 is 27.9 Å². The molecule has 1 fully saturated rings. The number of nitrogens with one attached hydrogen (secondary N) is 2. The summed E-state index contributed by atoms with van der Waals surface area (Å²) >= 11 is 3.48. The fourth-order valence-electron chi connectivity index (χ4n) is 3.09. The highest BCUT2D eigenvalue weighted by molar-refractivity contribution is 9.10. The summed E-state index contributed by atoms with van der Waals surface area (Å²) < 4.78 is 6.89. The molecule has 0 aromatic heterocycles. The topological polar surface area (TPSA) is 70.7 Å². The fraction of sp³-hybridized carbons (Fsp3) is 0.333. The summed E-state index contributed by atoms with van der Waals surface area (Å²) in [5.74, 6) is -0.281. The van der Waals surface area contributed by atoms with E-state index < -0.39 is 6.03 Å². The van der Waals surface area contributed by atoms with Crippen molar-refractivity contribution in [1.82, 2.24) is 15.5 Å². The minimum Gasteiger partial charge on any atom is -0.371 e. The van der Waals surface area contributed by atoms with Crippen molar-refractivity contribution in [3.8, 4) is 0 Å². The van der Waals surface area contributed by atoms with Crippen molar-refractivity contribution < 1.29 is 14.3 Å². The maximum atomic E-state index is 12.1. The number of nitrogens with zero attached hydrogens (tertiary/aromatic N) is 1. The minimum absolute atomic E-state index is 0.0107. The molecule has 1 heterocycles. The molecular weight excluding hydrogens is 422 g/mol. The van der Waals surface area contributed by atoms with Crippen LogP contribution in [0.5, 0.6) is 0 Å². The van der Waals surface area contributed by atoms with E-state index in [1.807, 2.05) is 48.5 Å². The van der Waals surface area contributed by atoms with Gasteiger partial charge in [-0.25, -0.2) is 4.79 Å². The number of carbonyl (C=O) groups excluding carboxylic acids is 2. The van der Waals surface area contributed by atoms with E-state index >= 15 is 0 Å². The average molecular weight is 446 g/mol. The molecular formula is C21H24BrN3O3. The van der Waals surface area contributed by atoms with Gasteiger partial charge in [0, 0.05) is 37.1 Å². The van der Waals surface area contributed by atoms with Crippen molar-refractivity contribution in [1.29, 1.82) is 0 Å². The Morgan fingerprint density at radius 1 is 1.14 bits per heavy atom. The third-order valence-corrected chi connectivity index (χ3v) is 5.07. The Hall–Kier alpha value is -2.22. The van der Waals surface area contributed by atoms with E-state index in [4.69, 9.17) is 4.74 Å². The Morgan fingerprint density at radius 3 is 2.75 bits per heavy atom. The summed E-state index contributed by atoms with van der Waals surface area (Å²) in [6.45, 7) is 3.10. The Labute approximate surface area is 173 Å². The van der Waals surface area contributed by atoms with Crippen LogP contribution in [0.2, 0.25) is 0 Å². The predicted molar refractivity (Wildman–Crippen MR) is 111 cm³/mol. The second-order valence-corrected chi connectivity index (χ2v) is 7.60. The number of carbonyl (C=O) groups is 2. The summed E-state index contributed by atoms with van der Waals surface area (Å²) in [5, 5.41) is 5.08. The molecule has 1 aliphatic heterocycles. The van der Waals surface area contributed by atoms with Crippen molar-refractivity contribution in [3.05, 3.63) is 70.2 Å². The molecule has 2 N–H and O–H groups in total. The highest BCUT2D eigenvalue weighted by atomic mass is 79.9. The van der Waals surface area contributed by atoms with Gasteiger partial charge >= 0.3 is 6.03 Å². The van der Waals surface area contributed by atoms with Gasteiger partial charge in [0.25, 0.3) is 0 Å². The van der Waals surface area contributed by atoms with E-state index in [0.29, 0.717) is 19.7 Å². The van der Waals surface area contributed by atoms with Crippen LogP contribution in [0.15, 0.2) is 59.1 Å². The number of imide groups is 1. The van der Waals surface area contributed by atoms with Crippen LogP contribution in [0.25, 0.3) is 0 Å². The molecule has 0 aliphatic carbocycles. The van der Waals surface area contributed by atoms with Gasteiger partial charge in [-0.2, -0.15) is 0 Å². The van der Waals surface area contributed by atoms with Gasteiger partial charge in [-0.15, -0.1) is 0 Å². The van der Waals surface area contributed by atoms with Crippen LogP contribution in [0.1, 0.15) is 23.7 Å². The number of benzene rings is 2. The van der Waals surface area contributed by atoms with Gasteiger partial charge in [0.05, 0.1) is 12.7 Å². The van der Waals surface area contributed by atoms with Gasteiger partial charge in [0.2, 0.25) is 5.91 Å². The van der Waals surface area contributed by atoms with Crippen molar-refractivity contribution in [2.24, 2.45) is 0 Å². The van der Waals surface area contributed by atoms with Crippen LogP contribution < -0.4 is 10.6 Å². The van der Waals surface area contributed by atoms with Gasteiger partial charge in [-0.3, -0.25) is 15.0 Å². The molecule has 1 unspecified atom stereocenters. The van der Waals surface area contributed by atoms with E-state index in [-0.39, 0.29) is 18.4 Å². The quantitative estimate of drug-likeness (QED) is 0.715. The lowest BCUT2D eigenvalue weighted by molar-refractivity contribution is -0.120. The number of hydrogen-bond donors (Lipinski definition) is 2. The van der Waals surface area contributed by atoms with Gasteiger partial charge < -0.3 is 10.1 Å². The molecule has 0 radical (unpaired) electrons. The van der Waals surface area contributed by atoms with E-state index in [1.165, 1.54) is 0 Å². The summed E-state index contributed by atoms with van der Waals surface area (Å²) in [4.78, 5) is 26.1. The number of hydrogen-bond acceptors (Lipinski definition) is 4. The first-order valence-corrected chi connectivity index (χ1v) is 10.1. The number of urea groups is 1. The zero-order chi connectivity index (χ0) is 19.8. The van der Waals surface area contributed by atoms with Crippen LogP contribution in [0, 0.1) is 0 Å². The first kappa shape index (κ1) is 20.5. The first-order chi connectivity index (χ1) is 13.6. The SMILES string of the molecule is O=C(CCN1CCOC(c2cccc(Br)c2)C1)NC(=O)NCc1ccccc1. The normalized spacial score (nSPS) is 17.1. The summed E-state index contributed by atoms with van der Waals surface area (Å²) in [5.41, 5.74) is 2.10. The zero-order valence-electron chi connectivity index (χ0n) is 15.6. The summed E-state index contributed by atoms with van der Waals surface area (Å²) in [7, 11) is 0. The lowest BCUT2D eigenvalue weighted by atomic mass is 10.1. The molecule has 0 spiro atoms. The maximum Gasteiger partial charge on any atom is 0.321 e. The lowest BCUT2D eigenvalue weighted by Gasteiger charge is -2.33. The standard InChI is InChI=1S/C21H24BrN3O3/c22-18-8-4-7-17(13-18)19-15-25(11-12-28-19)10-9-20(26)24-21(27)23-14-16-5-2-1-3-6-16/h1-8,13,19H,9-12,14-15H2,(H2,23,24,26,27). The third-order valence-electron chi connectivity index (χ3n) is 4.57. The van der Waals surface area contributed by atoms with Crippen molar-refractivity contribution in [2.45, 2.75) is 19.1 Å².